The van der Waals surface area contributed by atoms with Crippen LogP contribution in [0, 0.1) is 0 Å². The van der Waals surface area contributed by atoms with E-state index in [0.29, 0.717) is 18.5 Å². The average Bonchev–Trinajstić information content (AvgIpc) is 2.95. The first-order valence-electron chi connectivity index (χ1n) is 8.30. The molecule has 0 amide bonds. The fourth-order valence-electron chi connectivity index (χ4n) is 3.32. The van der Waals surface area contributed by atoms with Crippen molar-refractivity contribution in [2.24, 2.45) is 0 Å². The van der Waals surface area contributed by atoms with Crippen LogP contribution in [0.25, 0.3) is 0 Å². The summed E-state index contributed by atoms with van der Waals surface area (Å²) in [7, 11) is -3.16. The van der Waals surface area contributed by atoms with E-state index >= 15 is 0 Å². The van der Waals surface area contributed by atoms with Crippen molar-refractivity contribution in [3.8, 4) is 0 Å². The second kappa shape index (κ2) is 6.93. The number of anilines is 1. The molecule has 0 saturated carbocycles. The molecule has 0 saturated heterocycles. The van der Waals surface area contributed by atoms with Crippen molar-refractivity contribution in [3.05, 3.63) is 41.5 Å². The van der Waals surface area contributed by atoms with E-state index in [9.17, 15) is 8.42 Å². The predicted molar refractivity (Wildman–Crippen MR) is 92.5 cm³/mol. The molecule has 7 heteroatoms. The Morgan fingerprint density at radius 2 is 2.12 bits per heavy atom. The maximum Gasteiger partial charge on any atom is 0.246 e. The summed E-state index contributed by atoms with van der Waals surface area (Å²) in [4.78, 5) is 6.58. The van der Waals surface area contributed by atoms with E-state index in [1.807, 2.05) is 6.07 Å². The lowest BCUT2D eigenvalue weighted by Gasteiger charge is -2.38. The highest BCUT2D eigenvalue weighted by molar-refractivity contribution is 7.89. The van der Waals surface area contributed by atoms with Crippen molar-refractivity contribution < 1.29 is 12.9 Å². The molecule has 3 rings (SSSR count). The van der Waals surface area contributed by atoms with Gasteiger partial charge in [0, 0.05) is 18.0 Å². The average molecular weight is 349 g/mol. The summed E-state index contributed by atoms with van der Waals surface area (Å²) < 4.78 is 28.0. The van der Waals surface area contributed by atoms with Gasteiger partial charge in [0.25, 0.3) is 0 Å². The molecule has 0 N–H and O–H groups in total. The third-order valence-corrected chi connectivity index (χ3v) is 5.10. The van der Waals surface area contributed by atoms with Gasteiger partial charge in [-0.1, -0.05) is 36.7 Å². The first kappa shape index (κ1) is 17.0. The molecule has 1 aromatic heterocycles. The fourth-order valence-corrected chi connectivity index (χ4v) is 3.90. The fraction of sp³-hybridized carbons (Fsp3) is 0.529. The van der Waals surface area contributed by atoms with Gasteiger partial charge >= 0.3 is 0 Å². The van der Waals surface area contributed by atoms with Crippen molar-refractivity contribution >= 4 is 15.5 Å². The molecule has 0 fully saturated rings. The zero-order valence-electron chi connectivity index (χ0n) is 14.1. The van der Waals surface area contributed by atoms with Crippen molar-refractivity contribution in [2.45, 2.75) is 50.9 Å². The monoisotopic (exact) mass is 349 g/mol. The van der Waals surface area contributed by atoms with E-state index in [-0.39, 0.29) is 11.6 Å². The highest BCUT2D eigenvalue weighted by atomic mass is 32.2. The van der Waals surface area contributed by atoms with Gasteiger partial charge < -0.3 is 9.42 Å². The van der Waals surface area contributed by atoms with E-state index in [1.165, 1.54) is 17.5 Å². The van der Waals surface area contributed by atoms with Crippen LogP contribution in [0.1, 0.15) is 43.5 Å². The molecular formula is C17H23N3O3S. The van der Waals surface area contributed by atoms with E-state index in [1.54, 1.807) is 0 Å². The second-order valence-corrected chi connectivity index (χ2v) is 8.55. The Morgan fingerprint density at radius 3 is 2.88 bits per heavy atom. The molecule has 1 atom stereocenters. The quantitative estimate of drug-likeness (QED) is 0.798. The summed E-state index contributed by atoms with van der Waals surface area (Å²) in [6, 6.07) is 8.84. The summed E-state index contributed by atoms with van der Waals surface area (Å²) >= 11 is 0. The van der Waals surface area contributed by atoms with Gasteiger partial charge in [0.15, 0.2) is 15.7 Å². The number of fused-ring (bicyclic) bond motifs is 1. The summed E-state index contributed by atoms with van der Waals surface area (Å²) in [5.74, 6) is 0.502. The topological polar surface area (TPSA) is 76.3 Å². The van der Waals surface area contributed by atoms with Crippen LogP contribution in [0.4, 0.5) is 5.69 Å². The van der Waals surface area contributed by atoms with Gasteiger partial charge in [-0.2, -0.15) is 4.98 Å². The van der Waals surface area contributed by atoms with Crippen LogP contribution in [-0.2, 0) is 28.6 Å². The molecular weight excluding hydrogens is 326 g/mol. The van der Waals surface area contributed by atoms with Gasteiger partial charge in [-0.05, 0) is 30.9 Å². The minimum atomic E-state index is -3.16. The molecule has 0 aliphatic carbocycles. The van der Waals surface area contributed by atoms with Crippen LogP contribution in [0.2, 0.25) is 0 Å². The molecule has 0 spiro atoms. The summed E-state index contributed by atoms with van der Waals surface area (Å²) in [6.07, 6.45) is 5.59. The maximum absolute atomic E-state index is 11.4. The Hall–Kier alpha value is -1.89. The minimum Gasteiger partial charge on any atom is -0.359 e. The van der Waals surface area contributed by atoms with Crippen LogP contribution in [0.15, 0.2) is 28.8 Å². The summed E-state index contributed by atoms with van der Waals surface area (Å²) in [5.41, 5.74) is 2.55. The SMILES string of the molecule is CCC[C@@H]1CCc2ccccc2N1Cc1nc(CS(C)(=O)=O)no1. The highest BCUT2D eigenvalue weighted by Crippen LogP contribution is 2.33. The van der Waals surface area contributed by atoms with Gasteiger partial charge in [-0.3, -0.25) is 0 Å². The van der Waals surface area contributed by atoms with E-state index < -0.39 is 9.84 Å². The van der Waals surface area contributed by atoms with Gasteiger partial charge in [-0.25, -0.2) is 8.42 Å². The number of para-hydroxylation sites is 1. The first-order chi connectivity index (χ1) is 11.5. The molecule has 0 radical (unpaired) electrons. The Bertz CT molecular complexity index is 801. The number of rotatable bonds is 6. The minimum absolute atomic E-state index is 0.189. The lowest BCUT2D eigenvalue weighted by molar-refractivity contribution is 0.361. The Labute approximate surface area is 142 Å². The highest BCUT2D eigenvalue weighted by Gasteiger charge is 2.27. The molecule has 24 heavy (non-hydrogen) atoms. The van der Waals surface area contributed by atoms with Gasteiger partial charge in [0.2, 0.25) is 5.89 Å². The van der Waals surface area contributed by atoms with E-state index in [0.717, 1.165) is 25.7 Å². The Balaban J connectivity index is 1.83. The third kappa shape index (κ3) is 3.95. The molecule has 2 aromatic rings. The molecule has 1 aliphatic heterocycles. The molecule has 6 nitrogen and oxygen atoms in total. The smallest absolute Gasteiger partial charge is 0.246 e. The molecule has 1 aliphatic rings. The number of nitrogens with zero attached hydrogens (tertiary/aromatic N) is 3. The van der Waals surface area contributed by atoms with Gasteiger partial charge in [-0.15, -0.1) is 0 Å². The van der Waals surface area contributed by atoms with Crippen molar-refractivity contribution in [1.82, 2.24) is 10.1 Å². The van der Waals surface area contributed by atoms with Gasteiger partial charge in [0.1, 0.15) is 5.75 Å². The maximum atomic E-state index is 11.4. The molecule has 130 valence electrons. The third-order valence-electron chi connectivity index (χ3n) is 4.32. The van der Waals surface area contributed by atoms with Crippen molar-refractivity contribution in [2.75, 3.05) is 11.2 Å². The number of aryl methyl sites for hydroxylation is 1. The molecule has 2 heterocycles. The number of hydrogen-bond donors (Lipinski definition) is 0. The number of benzene rings is 1. The standard InChI is InChI=1S/C17H23N3O3S/c1-3-6-14-10-9-13-7-4-5-8-15(13)20(14)11-17-18-16(19-23-17)12-24(2,21)22/h4-5,7-8,14H,3,6,9-12H2,1-2H3/t14-/m1/s1. The predicted octanol–water partition coefficient (Wildman–Crippen LogP) is 2.74. The zero-order chi connectivity index (χ0) is 17.2. The summed E-state index contributed by atoms with van der Waals surface area (Å²) in [6.45, 7) is 2.70. The van der Waals surface area contributed by atoms with Crippen molar-refractivity contribution in [1.29, 1.82) is 0 Å². The number of aromatic nitrogens is 2. The Morgan fingerprint density at radius 1 is 1.33 bits per heavy atom. The van der Waals surface area contributed by atoms with Crippen LogP contribution in [-0.4, -0.2) is 30.9 Å². The van der Waals surface area contributed by atoms with Crippen LogP contribution >= 0.6 is 0 Å². The first-order valence-corrected chi connectivity index (χ1v) is 10.4. The van der Waals surface area contributed by atoms with Crippen molar-refractivity contribution in [3.63, 3.8) is 0 Å². The Kier molecular flexibility index (Phi) is 4.89. The van der Waals surface area contributed by atoms with Crippen LogP contribution in [0.5, 0.6) is 0 Å². The second-order valence-electron chi connectivity index (χ2n) is 6.41. The number of hydrogen-bond acceptors (Lipinski definition) is 6. The molecule has 0 unspecified atom stereocenters. The zero-order valence-corrected chi connectivity index (χ0v) is 14.9. The van der Waals surface area contributed by atoms with E-state index in [4.69, 9.17) is 4.52 Å². The lowest BCUT2D eigenvalue weighted by Crippen LogP contribution is -2.38. The number of sulfone groups is 1. The van der Waals surface area contributed by atoms with Crippen LogP contribution in [0.3, 0.4) is 0 Å². The molecule has 1 aromatic carbocycles. The summed E-state index contributed by atoms with van der Waals surface area (Å²) in [5, 5.41) is 3.80. The van der Waals surface area contributed by atoms with Crippen LogP contribution < -0.4 is 4.90 Å². The normalized spacial score (nSPS) is 17.8. The lowest BCUT2D eigenvalue weighted by atomic mass is 9.93. The molecule has 0 bridgehead atoms. The largest absolute Gasteiger partial charge is 0.359 e. The van der Waals surface area contributed by atoms with Gasteiger partial charge in [0.05, 0.1) is 6.54 Å². The van der Waals surface area contributed by atoms with E-state index in [2.05, 4.69) is 40.2 Å².